The van der Waals surface area contributed by atoms with Gasteiger partial charge in [-0.05, 0) is 41.5 Å². The highest BCUT2D eigenvalue weighted by atomic mass is 35.5. The molecule has 0 aromatic heterocycles. The summed E-state index contributed by atoms with van der Waals surface area (Å²) in [5.74, 6) is 0.150. The second-order valence-electron chi connectivity index (χ2n) is 8.70. The summed E-state index contributed by atoms with van der Waals surface area (Å²) in [4.78, 5) is 31.9. The molecule has 0 bridgehead atoms. The van der Waals surface area contributed by atoms with Gasteiger partial charge in [0.05, 0.1) is 6.54 Å². The van der Waals surface area contributed by atoms with Gasteiger partial charge in [0.1, 0.15) is 12.4 Å². The number of anilines is 1. The summed E-state index contributed by atoms with van der Waals surface area (Å²) < 4.78 is 0. The number of carbonyl (C=O) groups is 2. The predicted molar refractivity (Wildman–Crippen MR) is 138 cm³/mol. The molecule has 2 aliphatic heterocycles. The lowest BCUT2D eigenvalue weighted by Gasteiger charge is -2.24. The Bertz CT molecular complexity index is 1290. The molecule has 0 spiro atoms. The van der Waals surface area contributed by atoms with Crippen LogP contribution in [0.2, 0.25) is 5.02 Å². The average Bonchev–Trinajstić information content (AvgIpc) is 3.38. The minimum absolute atomic E-state index is 0.0131. The van der Waals surface area contributed by atoms with E-state index in [-0.39, 0.29) is 18.4 Å². The minimum atomic E-state index is -0.203. The molecule has 0 aliphatic carbocycles. The van der Waals surface area contributed by atoms with E-state index in [0.29, 0.717) is 29.5 Å². The van der Waals surface area contributed by atoms with Gasteiger partial charge in [-0.25, -0.2) is 0 Å². The van der Waals surface area contributed by atoms with Crippen molar-refractivity contribution in [2.75, 3.05) is 24.5 Å². The lowest BCUT2D eigenvalue weighted by atomic mass is 10.1. The van der Waals surface area contributed by atoms with Crippen molar-refractivity contribution in [3.05, 3.63) is 112 Å². The number of para-hydroxylation sites is 1. The van der Waals surface area contributed by atoms with Crippen LogP contribution < -0.4 is 4.90 Å². The molecule has 7 heteroatoms. The van der Waals surface area contributed by atoms with Crippen LogP contribution in [0.1, 0.15) is 27.0 Å². The fourth-order valence-corrected chi connectivity index (χ4v) is 4.56. The van der Waals surface area contributed by atoms with Gasteiger partial charge in [-0.2, -0.15) is 0 Å². The minimum Gasteiger partial charge on any atom is -0.349 e. The van der Waals surface area contributed by atoms with Gasteiger partial charge in [-0.3, -0.25) is 15.0 Å². The number of nitrogens with one attached hydrogen (secondary N) is 1. The van der Waals surface area contributed by atoms with E-state index in [0.717, 1.165) is 35.5 Å². The second kappa shape index (κ2) is 9.76. The number of halogens is 1. The Morgan fingerprint density at radius 2 is 1.49 bits per heavy atom. The molecule has 0 radical (unpaired) electrons. The monoisotopic (exact) mass is 484 g/mol. The molecule has 0 saturated carbocycles. The lowest BCUT2D eigenvalue weighted by Crippen LogP contribution is -2.39. The highest BCUT2D eigenvalue weighted by molar-refractivity contribution is 6.30. The molecule has 0 unspecified atom stereocenters. The molecular weight excluding hydrogens is 460 g/mol. The molecule has 5 rings (SSSR count). The van der Waals surface area contributed by atoms with Crippen LogP contribution in [0.4, 0.5) is 5.69 Å². The van der Waals surface area contributed by atoms with E-state index in [9.17, 15) is 9.59 Å². The number of hydrogen-bond donors (Lipinski definition) is 1. The van der Waals surface area contributed by atoms with E-state index >= 15 is 0 Å². The van der Waals surface area contributed by atoms with Crippen LogP contribution in [0.5, 0.6) is 0 Å². The summed E-state index contributed by atoms with van der Waals surface area (Å²) in [7, 11) is 0. The van der Waals surface area contributed by atoms with Gasteiger partial charge in [0, 0.05) is 41.5 Å². The van der Waals surface area contributed by atoms with Crippen molar-refractivity contribution in [1.82, 2.24) is 9.80 Å². The van der Waals surface area contributed by atoms with Crippen molar-refractivity contribution >= 4 is 34.9 Å². The van der Waals surface area contributed by atoms with Gasteiger partial charge >= 0.3 is 0 Å². The first-order chi connectivity index (χ1) is 17.0. The molecule has 35 heavy (non-hydrogen) atoms. The molecule has 6 nitrogen and oxygen atoms in total. The van der Waals surface area contributed by atoms with E-state index in [2.05, 4.69) is 12.2 Å². The first kappa shape index (κ1) is 22.9. The molecule has 2 aliphatic rings. The standard InChI is InChI=1S/C28H25ClN4O2/c29-24-13-11-22(12-14-24)28(35)32-18-23-5-1-2-6-25(23)33(26(34)19-32)17-20-7-9-21(10-8-20)27(30)31-15-3-4-16-31/h1-14,30H,15-19H2. The smallest absolute Gasteiger partial charge is 0.254 e. The third kappa shape index (κ3) is 4.84. The summed E-state index contributed by atoms with van der Waals surface area (Å²) >= 11 is 5.97. The maximum atomic E-state index is 13.4. The van der Waals surface area contributed by atoms with Crippen molar-refractivity contribution in [1.29, 1.82) is 5.41 Å². The number of nitrogens with zero attached hydrogens (tertiary/aromatic N) is 3. The SMILES string of the molecule is N=C(c1ccc(CN2C(=O)CN(C(=O)c3ccc(Cl)cc3)Cc3ccccc32)cc1)N1CC=CC1. The van der Waals surface area contributed by atoms with Crippen LogP contribution in [0.25, 0.3) is 0 Å². The molecule has 3 aromatic rings. The third-order valence-corrected chi connectivity index (χ3v) is 6.60. The largest absolute Gasteiger partial charge is 0.349 e. The average molecular weight is 485 g/mol. The van der Waals surface area contributed by atoms with Gasteiger partial charge in [0.25, 0.3) is 5.91 Å². The Hall–Kier alpha value is -3.90. The lowest BCUT2D eigenvalue weighted by molar-refractivity contribution is -0.119. The van der Waals surface area contributed by atoms with Gasteiger partial charge in [-0.15, -0.1) is 0 Å². The fraction of sp³-hybridized carbons (Fsp3) is 0.179. The van der Waals surface area contributed by atoms with E-state index in [4.69, 9.17) is 17.0 Å². The number of amidine groups is 1. The Balaban J connectivity index is 1.37. The Labute approximate surface area is 209 Å². The van der Waals surface area contributed by atoms with E-state index in [1.165, 1.54) is 0 Å². The Morgan fingerprint density at radius 1 is 0.829 bits per heavy atom. The van der Waals surface area contributed by atoms with Crippen LogP contribution in [-0.2, 0) is 17.9 Å². The molecule has 176 valence electrons. The molecule has 2 amide bonds. The molecule has 0 fully saturated rings. The molecular formula is C28H25ClN4O2. The quantitative estimate of drug-likeness (QED) is 0.331. The first-order valence-corrected chi connectivity index (χ1v) is 11.9. The predicted octanol–water partition coefficient (Wildman–Crippen LogP) is 4.73. The molecule has 0 atom stereocenters. The van der Waals surface area contributed by atoms with Gasteiger partial charge in [0.15, 0.2) is 0 Å². The fourth-order valence-electron chi connectivity index (χ4n) is 4.44. The highest BCUT2D eigenvalue weighted by Gasteiger charge is 2.29. The van der Waals surface area contributed by atoms with Gasteiger partial charge < -0.3 is 14.7 Å². The number of carbonyl (C=O) groups excluding carboxylic acids is 2. The van der Waals surface area contributed by atoms with Crippen molar-refractivity contribution in [3.63, 3.8) is 0 Å². The number of fused-ring (bicyclic) bond motifs is 1. The Kier molecular flexibility index (Phi) is 6.38. The zero-order valence-corrected chi connectivity index (χ0v) is 19.9. The molecule has 0 saturated heterocycles. The van der Waals surface area contributed by atoms with Crippen molar-refractivity contribution < 1.29 is 9.59 Å². The number of amides is 2. The molecule has 2 heterocycles. The third-order valence-electron chi connectivity index (χ3n) is 6.35. The van der Waals surface area contributed by atoms with Crippen molar-refractivity contribution in [2.24, 2.45) is 0 Å². The van der Waals surface area contributed by atoms with Crippen molar-refractivity contribution in [3.8, 4) is 0 Å². The maximum Gasteiger partial charge on any atom is 0.254 e. The zero-order valence-electron chi connectivity index (χ0n) is 19.2. The summed E-state index contributed by atoms with van der Waals surface area (Å²) in [5, 5.41) is 8.99. The first-order valence-electron chi connectivity index (χ1n) is 11.5. The molecule has 1 N–H and O–H groups in total. The number of hydrogen-bond acceptors (Lipinski definition) is 3. The van der Waals surface area contributed by atoms with Crippen LogP contribution in [0.3, 0.4) is 0 Å². The summed E-state index contributed by atoms with van der Waals surface area (Å²) in [5.41, 5.74) is 4.03. The number of rotatable bonds is 4. The maximum absolute atomic E-state index is 13.4. The highest BCUT2D eigenvalue weighted by Crippen LogP contribution is 2.28. The van der Waals surface area contributed by atoms with E-state index in [1.807, 2.05) is 53.4 Å². The molecule has 3 aromatic carbocycles. The van der Waals surface area contributed by atoms with Crippen LogP contribution in [0.15, 0.2) is 84.9 Å². The van der Waals surface area contributed by atoms with Gasteiger partial charge in [-0.1, -0.05) is 66.2 Å². The normalized spacial score (nSPS) is 15.2. The van der Waals surface area contributed by atoms with Crippen LogP contribution in [-0.4, -0.2) is 47.1 Å². The topological polar surface area (TPSA) is 67.7 Å². The van der Waals surface area contributed by atoms with Crippen LogP contribution >= 0.6 is 11.6 Å². The second-order valence-corrected chi connectivity index (χ2v) is 9.14. The summed E-state index contributed by atoms with van der Waals surface area (Å²) in [6.07, 6.45) is 4.12. The zero-order chi connectivity index (χ0) is 24.4. The summed E-state index contributed by atoms with van der Waals surface area (Å²) in [6, 6.07) is 22.2. The van der Waals surface area contributed by atoms with E-state index in [1.54, 1.807) is 34.1 Å². The van der Waals surface area contributed by atoms with Crippen LogP contribution in [0, 0.1) is 5.41 Å². The van der Waals surface area contributed by atoms with E-state index < -0.39 is 0 Å². The van der Waals surface area contributed by atoms with Gasteiger partial charge in [0.2, 0.25) is 5.91 Å². The summed E-state index contributed by atoms with van der Waals surface area (Å²) in [6.45, 7) is 2.23. The number of benzene rings is 3. The van der Waals surface area contributed by atoms with Crippen molar-refractivity contribution in [2.45, 2.75) is 13.1 Å². The Morgan fingerprint density at radius 3 is 2.20 bits per heavy atom.